The molecular weight excluding hydrogens is 644 g/mol. The highest BCUT2D eigenvalue weighted by molar-refractivity contribution is 5.96. The van der Waals surface area contributed by atoms with Gasteiger partial charge in [-0.3, -0.25) is 14.2 Å². The first-order chi connectivity index (χ1) is 23.9. The van der Waals surface area contributed by atoms with E-state index in [0.717, 1.165) is 29.5 Å². The molecule has 2 amide bonds. The Hall–Kier alpha value is -3.83. The monoisotopic (exact) mass is 693 g/mol. The van der Waals surface area contributed by atoms with Gasteiger partial charge in [0.1, 0.15) is 11.6 Å². The number of nitrogens with zero attached hydrogens (tertiary/aromatic N) is 2. The number of halogens is 2. The summed E-state index contributed by atoms with van der Waals surface area (Å²) in [6.07, 6.45) is 4.45. The van der Waals surface area contributed by atoms with Crippen LogP contribution in [-0.2, 0) is 30.9 Å². The van der Waals surface area contributed by atoms with Gasteiger partial charge in [-0.15, -0.1) is 0 Å². The molecule has 0 unspecified atom stereocenters. The molecule has 2 aliphatic heterocycles. The second kappa shape index (κ2) is 14.8. The lowest BCUT2D eigenvalue weighted by Gasteiger charge is -2.46. The molecule has 2 saturated heterocycles. The van der Waals surface area contributed by atoms with Gasteiger partial charge in [-0.25, -0.2) is 13.6 Å². The molecule has 1 aromatic heterocycles. The number of nitrogens with one attached hydrogen (secondary N) is 1. The summed E-state index contributed by atoms with van der Waals surface area (Å²) in [4.78, 5) is 42.2. The van der Waals surface area contributed by atoms with Gasteiger partial charge in [0.15, 0.2) is 0 Å². The first-order valence-electron chi connectivity index (χ1n) is 18.0. The Morgan fingerprint density at radius 1 is 1.04 bits per heavy atom. The van der Waals surface area contributed by atoms with Gasteiger partial charge in [0.25, 0.3) is 0 Å². The summed E-state index contributed by atoms with van der Waals surface area (Å²) in [5.74, 6) is -2.30. The number of aromatic nitrogens is 1. The van der Waals surface area contributed by atoms with Crippen molar-refractivity contribution < 1.29 is 37.7 Å². The van der Waals surface area contributed by atoms with E-state index in [0.29, 0.717) is 62.8 Å². The third-order valence-corrected chi connectivity index (χ3v) is 11.5. The van der Waals surface area contributed by atoms with Gasteiger partial charge in [-0.05, 0) is 113 Å². The van der Waals surface area contributed by atoms with Crippen molar-refractivity contribution in [1.82, 2.24) is 14.8 Å². The number of hydrogen-bond acceptors (Lipinski definition) is 5. The Morgan fingerprint density at radius 2 is 1.78 bits per heavy atom. The number of aliphatic carboxylic acids is 1. The van der Waals surface area contributed by atoms with Crippen LogP contribution in [0.3, 0.4) is 0 Å². The third kappa shape index (κ3) is 7.04. The van der Waals surface area contributed by atoms with Crippen LogP contribution in [0.5, 0.6) is 0 Å². The zero-order valence-corrected chi connectivity index (χ0v) is 29.4. The van der Waals surface area contributed by atoms with Crippen molar-refractivity contribution in [3.63, 3.8) is 0 Å². The van der Waals surface area contributed by atoms with Gasteiger partial charge in [-0.2, -0.15) is 0 Å². The molecular formula is C39H49F2N3O6. The molecule has 2 N–H and O–H groups in total. The molecule has 11 heteroatoms. The lowest BCUT2D eigenvalue weighted by atomic mass is 9.69. The number of fused-ring (bicyclic) bond motifs is 1. The number of carboxylic acids is 1. The van der Waals surface area contributed by atoms with Crippen LogP contribution in [0.2, 0.25) is 0 Å². The molecule has 0 spiro atoms. The molecule has 1 saturated carbocycles. The average Bonchev–Trinajstić information content (AvgIpc) is 3.35. The predicted octanol–water partition coefficient (Wildman–Crippen LogP) is 6.75. The maximum Gasteiger partial charge on any atom is 0.329 e. The normalized spacial score (nSPS) is 28.8. The Kier molecular flexibility index (Phi) is 10.6. The van der Waals surface area contributed by atoms with Gasteiger partial charge in [0.2, 0.25) is 5.91 Å². The highest BCUT2D eigenvalue weighted by Crippen LogP contribution is 2.41. The summed E-state index contributed by atoms with van der Waals surface area (Å²) in [5.41, 5.74) is 1.82. The number of piperidine rings is 1. The standard InChI is InChI=1S/C39H49F2N3O6/c1-5-49-31-13-12-30(50-22-31)20-33-25(4)44(35-19-29(41)11-14-32(33)35)38(48)43-17-16-39(21-24(43)3,27-7-9-28(40)10-8-27)37(47)42-34-15-6-26(36(45)46)18-23(34)2/h7-11,14,19,23-24,26,30-31,34H,5-6,12-13,15-18,20-22H2,1-4H3,(H,42,47)(H,45,46)/t23-,24-,26-,30+,31-,34-,39-/m0/s1. The smallest absolute Gasteiger partial charge is 0.329 e. The van der Waals surface area contributed by atoms with Gasteiger partial charge in [0, 0.05) is 42.7 Å². The van der Waals surface area contributed by atoms with Crippen LogP contribution in [0.4, 0.5) is 13.6 Å². The average molecular weight is 694 g/mol. The van der Waals surface area contributed by atoms with Crippen molar-refractivity contribution in [2.24, 2.45) is 11.8 Å². The predicted molar refractivity (Wildman–Crippen MR) is 185 cm³/mol. The second-order valence-electron chi connectivity index (χ2n) is 14.6. The number of ether oxygens (including phenoxy) is 2. The van der Waals surface area contributed by atoms with Crippen molar-refractivity contribution in [2.45, 2.75) is 109 Å². The first kappa shape index (κ1) is 36.0. The van der Waals surface area contributed by atoms with E-state index in [1.54, 1.807) is 27.7 Å². The number of carbonyl (C=O) groups is 3. The van der Waals surface area contributed by atoms with E-state index >= 15 is 0 Å². The van der Waals surface area contributed by atoms with Crippen molar-refractivity contribution in [3.8, 4) is 0 Å². The molecule has 7 atom stereocenters. The molecule has 0 bridgehead atoms. The van der Waals surface area contributed by atoms with E-state index < -0.39 is 35.0 Å². The van der Waals surface area contributed by atoms with E-state index in [-0.39, 0.29) is 42.7 Å². The fourth-order valence-electron chi connectivity index (χ4n) is 8.67. The molecule has 50 heavy (non-hydrogen) atoms. The second-order valence-corrected chi connectivity index (χ2v) is 14.6. The molecule has 3 fully saturated rings. The van der Waals surface area contributed by atoms with Crippen LogP contribution in [-0.4, -0.2) is 76.5 Å². The number of carboxylic acid groups (broad SMARTS) is 1. The fourth-order valence-corrected chi connectivity index (χ4v) is 8.67. The lowest BCUT2D eigenvalue weighted by Crippen LogP contribution is -2.58. The van der Waals surface area contributed by atoms with E-state index in [2.05, 4.69) is 5.32 Å². The minimum atomic E-state index is -1.03. The van der Waals surface area contributed by atoms with Crippen LogP contribution < -0.4 is 5.32 Å². The molecule has 9 nitrogen and oxygen atoms in total. The number of hydrogen-bond donors (Lipinski definition) is 2. The quantitative estimate of drug-likeness (QED) is 0.270. The van der Waals surface area contributed by atoms with Crippen LogP contribution in [0, 0.1) is 30.4 Å². The van der Waals surface area contributed by atoms with E-state index in [1.807, 2.05) is 27.7 Å². The fraction of sp³-hybridized carbons (Fsp3) is 0.564. The van der Waals surface area contributed by atoms with E-state index in [1.165, 1.54) is 24.3 Å². The Morgan fingerprint density at radius 3 is 2.42 bits per heavy atom. The van der Waals surface area contributed by atoms with Crippen molar-refractivity contribution >= 4 is 28.8 Å². The number of benzene rings is 2. The maximum absolute atomic E-state index is 14.7. The molecule has 6 rings (SSSR count). The SMILES string of the molecule is CCO[C@H]1CC[C@H](Cc2c(C)n(C(=O)N3CC[C@@](C(=O)N[C@H]4CC[C@H](C(=O)O)C[C@@H]4C)(c4ccc(F)cc4)C[C@@H]3C)c3cc(F)ccc23)OC1. The molecule has 2 aromatic carbocycles. The first-order valence-corrected chi connectivity index (χ1v) is 18.0. The molecule has 3 heterocycles. The van der Waals surface area contributed by atoms with E-state index in [9.17, 15) is 28.3 Å². The Balaban J connectivity index is 1.25. The summed E-state index contributed by atoms with van der Waals surface area (Å²) in [6, 6.07) is 9.69. The summed E-state index contributed by atoms with van der Waals surface area (Å²) >= 11 is 0. The van der Waals surface area contributed by atoms with Gasteiger partial charge in [0.05, 0.1) is 35.7 Å². The van der Waals surface area contributed by atoms with Crippen LogP contribution in [0.15, 0.2) is 42.5 Å². The molecule has 0 radical (unpaired) electrons. The lowest BCUT2D eigenvalue weighted by molar-refractivity contribution is -0.143. The highest BCUT2D eigenvalue weighted by atomic mass is 19.1. The van der Waals surface area contributed by atoms with Crippen molar-refractivity contribution in [3.05, 3.63) is 70.9 Å². The zero-order chi connectivity index (χ0) is 35.7. The Bertz CT molecular complexity index is 1720. The minimum Gasteiger partial charge on any atom is -0.481 e. The van der Waals surface area contributed by atoms with Crippen LogP contribution in [0.25, 0.3) is 10.9 Å². The third-order valence-electron chi connectivity index (χ3n) is 11.5. The van der Waals surface area contributed by atoms with Crippen molar-refractivity contribution in [1.29, 1.82) is 0 Å². The summed E-state index contributed by atoms with van der Waals surface area (Å²) in [6.45, 7) is 9.14. The van der Waals surface area contributed by atoms with Crippen LogP contribution >= 0.6 is 0 Å². The van der Waals surface area contributed by atoms with Crippen molar-refractivity contribution in [2.75, 3.05) is 19.8 Å². The zero-order valence-electron chi connectivity index (χ0n) is 29.4. The highest BCUT2D eigenvalue weighted by Gasteiger charge is 2.48. The minimum absolute atomic E-state index is 0.0251. The molecule has 3 aromatic rings. The topological polar surface area (TPSA) is 110 Å². The van der Waals surface area contributed by atoms with Crippen LogP contribution in [0.1, 0.15) is 82.5 Å². The number of likely N-dealkylation sites (tertiary alicyclic amines) is 1. The largest absolute Gasteiger partial charge is 0.481 e. The van der Waals surface area contributed by atoms with Gasteiger partial charge < -0.3 is 24.8 Å². The molecule has 3 aliphatic rings. The summed E-state index contributed by atoms with van der Waals surface area (Å²) in [7, 11) is 0. The summed E-state index contributed by atoms with van der Waals surface area (Å²) in [5, 5.41) is 13.6. The van der Waals surface area contributed by atoms with Gasteiger partial charge in [-0.1, -0.05) is 19.1 Å². The van der Waals surface area contributed by atoms with Gasteiger partial charge >= 0.3 is 12.0 Å². The Labute approximate surface area is 292 Å². The number of rotatable bonds is 8. The number of carbonyl (C=O) groups excluding carboxylic acids is 2. The van der Waals surface area contributed by atoms with E-state index in [4.69, 9.17) is 9.47 Å². The summed E-state index contributed by atoms with van der Waals surface area (Å²) < 4.78 is 42.3. The molecule has 1 aliphatic carbocycles. The maximum atomic E-state index is 14.7. The molecule has 270 valence electrons. The number of amides is 2.